The van der Waals surface area contributed by atoms with Crippen molar-refractivity contribution in [1.29, 1.82) is 0 Å². The van der Waals surface area contributed by atoms with Crippen LogP contribution in [0.5, 0.6) is 5.75 Å². The average Bonchev–Trinajstić information content (AvgIpc) is 3.33. The first-order chi connectivity index (χ1) is 13.7. The second-order valence-corrected chi connectivity index (χ2v) is 9.47. The van der Waals surface area contributed by atoms with Crippen molar-refractivity contribution in [1.82, 2.24) is 14.5 Å². The number of aryl methyl sites for hydroxylation is 1. The lowest BCUT2D eigenvalue weighted by Crippen LogP contribution is -2.43. The van der Waals surface area contributed by atoms with Gasteiger partial charge in [-0.25, -0.2) is 4.98 Å². The molecule has 0 spiro atoms. The third-order valence-electron chi connectivity index (χ3n) is 5.70. The van der Waals surface area contributed by atoms with Crippen molar-refractivity contribution >= 4 is 30.6 Å². The lowest BCUT2D eigenvalue weighted by molar-refractivity contribution is 0.0638. The Morgan fingerprint density at radius 3 is 2.72 bits per heavy atom. The second kappa shape index (κ2) is 7.06. The van der Waals surface area contributed by atoms with Crippen molar-refractivity contribution in [2.75, 3.05) is 14.2 Å². The fourth-order valence-electron chi connectivity index (χ4n) is 3.76. The number of carbonyl (C=O) groups excluding carboxylic acids is 1. The first-order valence-corrected chi connectivity index (χ1v) is 10.7. The van der Waals surface area contributed by atoms with Crippen LogP contribution in [-0.2, 0) is 13.0 Å². The number of imidazole rings is 1. The van der Waals surface area contributed by atoms with Crippen LogP contribution in [0.2, 0.25) is 0 Å². The Morgan fingerprint density at radius 1 is 1.34 bits per heavy atom. The Morgan fingerprint density at radius 2 is 2.10 bits per heavy atom. The molecule has 1 aliphatic rings. The number of hydrogen-bond acceptors (Lipinski definition) is 4. The minimum atomic E-state index is -0.275. The molecule has 0 saturated heterocycles. The SMILES string of the molecule is Bc1cc2c(cc1OC)CCn1c(C(=O)N(C)C(C)(C)C)nc(-c3cccs3)c1-2. The van der Waals surface area contributed by atoms with Crippen molar-refractivity contribution in [3.05, 3.63) is 41.0 Å². The van der Waals surface area contributed by atoms with Gasteiger partial charge in [-0.3, -0.25) is 4.79 Å². The topological polar surface area (TPSA) is 47.4 Å². The number of hydrogen-bond donors (Lipinski definition) is 0. The summed E-state index contributed by atoms with van der Waals surface area (Å²) in [6, 6.07) is 8.39. The predicted molar refractivity (Wildman–Crippen MR) is 121 cm³/mol. The standard InChI is InChI=1S/C22H26BN3O2S/c1-22(2,3)25(4)21(27)20-24-18(17-7-6-10-29-17)19-14-12-15(23)16(28-5)11-13(14)8-9-26(19)20/h6-7,10-12H,8-9,23H2,1-5H3. The van der Waals surface area contributed by atoms with Gasteiger partial charge in [0.1, 0.15) is 19.3 Å². The number of amides is 1. The maximum Gasteiger partial charge on any atom is 0.290 e. The number of benzene rings is 1. The van der Waals surface area contributed by atoms with Crippen LogP contribution in [0.4, 0.5) is 0 Å². The van der Waals surface area contributed by atoms with E-state index in [9.17, 15) is 4.79 Å². The summed E-state index contributed by atoms with van der Waals surface area (Å²) in [6.45, 7) is 6.84. The molecule has 150 valence electrons. The van der Waals surface area contributed by atoms with Gasteiger partial charge in [-0.1, -0.05) is 12.1 Å². The first kappa shape index (κ1) is 19.8. The highest BCUT2D eigenvalue weighted by Crippen LogP contribution is 2.40. The molecule has 1 aromatic carbocycles. The molecule has 4 rings (SSSR count). The Kier molecular flexibility index (Phi) is 4.81. The van der Waals surface area contributed by atoms with Crippen molar-refractivity contribution < 1.29 is 9.53 Å². The molecule has 7 heteroatoms. The van der Waals surface area contributed by atoms with E-state index in [1.54, 1.807) is 23.3 Å². The second-order valence-electron chi connectivity index (χ2n) is 8.53. The predicted octanol–water partition coefficient (Wildman–Crippen LogP) is 2.97. The van der Waals surface area contributed by atoms with Crippen LogP contribution in [0.25, 0.3) is 21.8 Å². The van der Waals surface area contributed by atoms with Crippen LogP contribution >= 0.6 is 11.3 Å². The molecule has 29 heavy (non-hydrogen) atoms. The van der Waals surface area contributed by atoms with E-state index < -0.39 is 0 Å². The molecule has 5 nitrogen and oxygen atoms in total. The highest BCUT2D eigenvalue weighted by Gasteiger charge is 2.33. The van der Waals surface area contributed by atoms with E-state index in [0.29, 0.717) is 5.82 Å². The molecule has 0 saturated carbocycles. The molecule has 0 atom stereocenters. The maximum atomic E-state index is 13.4. The van der Waals surface area contributed by atoms with E-state index in [1.807, 2.05) is 39.3 Å². The van der Waals surface area contributed by atoms with Crippen LogP contribution in [0.15, 0.2) is 29.6 Å². The quantitative estimate of drug-likeness (QED) is 0.628. The Hall–Kier alpha value is -2.54. The minimum Gasteiger partial charge on any atom is -0.497 e. The summed E-state index contributed by atoms with van der Waals surface area (Å²) >= 11 is 1.65. The molecular formula is C22H26BN3O2S. The fraction of sp³-hybridized carbons (Fsp3) is 0.364. The summed E-state index contributed by atoms with van der Waals surface area (Å²) in [4.78, 5) is 21.1. The summed E-state index contributed by atoms with van der Waals surface area (Å²) in [6.07, 6.45) is 0.846. The lowest BCUT2D eigenvalue weighted by atomic mass is 9.87. The maximum absolute atomic E-state index is 13.4. The van der Waals surface area contributed by atoms with Crippen molar-refractivity contribution in [3.63, 3.8) is 0 Å². The summed E-state index contributed by atoms with van der Waals surface area (Å²) in [7, 11) is 5.61. The van der Waals surface area contributed by atoms with E-state index >= 15 is 0 Å². The monoisotopic (exact) mass is 407 g/mol. The van der Waals surface area contributed by atoms with Gasteiger partial charge < -0.3 is 14.2 Å². The Balaban J connectivity index is 1.95. The number of ether oxygens (including phenoxy) is 1. The molecule has 0 radical (unpaired) electrons. The van der Waals surface area contributed by atoms with Gasteiger partial charge in [0.05, 0.1) is 17.7 Å². The fourth-order valence-corrected chi connectivity index (χ4v) is 4.47. The molecule has 0 bridgehead atoms. The lowest BCUT2D eigenvalue weighted by Gasteiger charge is -2.32. The molecule has 3 heterocycles. The smallest absolute Gasteiger partial charge is 0.290 e. The number of methoxy groups -OCH3 is 1. The molecule has 1 aliphatic heterocycles. The number of aromatic nitrogens is 2. The third kappa shape index (κ3) is 3.27. The summed E-state index contributed by atoms with van der Waals surface area (Å²) < 4.78 is 7.64. The van der Waals surface area contributed by atoms with Gasteiger partial charge in [-0.2, -0.15) is 0 Å². The van der Waals surface area contributed by atoms with Crippen molar-refractivity contribution in [2.45, 2.75) is 39.3 Å². The normalized spacial score (nSPS) is 13.0. The summed E-state index contributed by atoms with van der Waals surface area (Å²) in [5, 5.41) is 2.05. The zero-order valence-corrected chi connectivity index (χ0v) is 18.7. The van der Waals surface area contributed by atoms with E-state index in [0.717, 1.165) is 46.0 Å². The van der Waals surface area contributed by atoms with Crippen molar-refractivity contribution in [3.8, 4) is 27.6 Å². The van der Waals surface area contributed by atoms with Crippen LogP contribution in [0.3, 0.4) is 0 Å². The molecular weight excluding hydrogens is 381 g/mol. The average molecular weight is 407 g/mol. The first-order valence-electron chi connectivity index (χ1n) is 9.83. The van der Waals surface area contributed by atoms with E-state index in [4.69, 9.17) is 9.72 Å². The van der Waals surface area contributed by atoms with Gasteiger partial charge in [0.25, 0.3) is 5.91 Å². The van der Waals surface area contributed by atoms with Crippen LogP contribution in [0, 0.1) is 0 Å². The van der Waals surface area contributed by atoms with Gasteiger partial charge in [0, 0.05) is 24.7 Å². The van der Waals surface area contributed by atoms with Crippen LogP contribution in [-0.4, -0.2) is 47.9 Å². The Bertz CT molecular complexity index is 1080. The van der Waals surface area contributed by atoms with Gasteiger partial charge in [0.15, 0.2) is 5.82 Å². The summed E-state index contributed by atoms with van der Waals surface area (Å²) in [5.41, 5.74) is 5.10. The zero-order chi connectivity index (χ0) is 20.9. The number of carbonyl (C=O) groups is 1. The van der Waals surface area contributed by atoms with Crippen LogP contribution in [0.1, 0.15) is 37.0 Å². The van der Waals surface area contributed by atoms with Crippen molar-refractivity contribution in [2.24, 2.45) is 0 Å². The minimum absolute atomic E-state index is 0.0461. The van der Waals surface area contributed by atoms with Gasteiger partial charge >= 0.3 is 0 Å². The van der Waals surface area contributed by atoms with Gasteiger partial charge in [0.2, 0.25) is 0 Å². The highest BCUT2D eigenvalue weighted by atomic mass is 32.1. The molecule has 0 unspecified atom stereocenters. The number of fused-ring (bicyclic) bond motifs is 3. The van der Waals surface area contributed by atoms with Gasteiger partial charge in [-0.05, 0) is 55.7 Å². The highest BCUT2D eigenvalue weighted by molar-refractivity contribution is 7.13. The Labute approximate surface area is 176 Å². The molecule has 0 fully saturated rings. The largest absolute Gasteiger partial charge is 0.497 e. The molecule has 0 aliphatic carbocycles. The van der Waals surface area contributed by atoms with E-state index in [1.165, 1.54) is 5.56 Å². The molecule has 3 aromatic rings. The van der Waals surface area contributed by atoms with Gasteiger partial charge in [-0.15, -0.1) is 11.3 Å². The molecule has 2 aromatic heterocycles. The van der Waals surface area contributed by atoms with Crippen LogP contribution < -0.4 is 10.2 Å². The molecule has 1 amide bonds. The van der Waals surface area contributed by atoms with E-state index in [2.05, 4.69) is 30.6 Å². The zero-order valence-electron chi connectivity index (χ0n) is 17.9. The van der Waals surface area contributed by atoms with E-state index in [-0.39, 0.29) is 11.4 Å². The molecule has 0 N–H and O–H groups in total. The number of thiophene rings is 1. The number of nitrogens with zero attached hydrogens (tertiary/aromatic N) is 3. The number of rotatable bonds is 3. The third-order valence-corrected chi connectivity index (χ3v) is 6.58. The summed E-state index contributed by atoms with van der Waals surface area (Å²) in [5.74, 6) is 1.37.